The number of hydrogen-bond acceptors (Lipinski definition) is 8. The van der Waals surface area contributed by atoms with Crippen LogP contribution >= 0.6 is 0 Å². The van der Waals surface area contributed by atoms with Crippen molar-refractivity contribution in [2.45, 2.75) is 49.5 Å². The molecule has 0 spiro atoms. The molecule has 2 amide bonds. The van der Waals surface area contributed by atoms with Gasteiger partial charge in [-0.15, -0.1) is 0 Å². The van der Waals surface area contributed by atoms with Gasteiger partial charge in [-0.25, -0.2) is 13.4 Å². The first-order valence-corrected chi connectivity index (χ1v) is 16.2. The van der Waals surface area contributed by atoms with Gasteiger partial charge in [-0.2, -0.15) is 4.31 Å². The first-order chi connectivity index (χ1) is 20.3. The Kier molecular flexibility index (Phi) is 9.52. The Morgan fingerprint density at radius 3 is 2.45 bits per heavy atom. The van der Waals surface area contributed by atoms with Gasteiger partial charge in [0, 0.05) is 63.5 Å². The smallest absolute Gasteiger partial charge is 0.247 e. The summed E-state index contributed by atoms with van der Waals surface area (Å²) in [6.45, 7) is 3.25. The molecule has 0 unspecified atom stereocenters. The molecule has 12 heteroatoms. The van der Waals surface area contributed by atoms with Gasteiger partial charge in [0.25, 0.3) is 0 Å². The lowest BCUT2D eigenvalue weighted by atomic mass is 10.0. The third-order valence-electron chi connectivity index (χ3n) is 8.71. The van der Waals surface area contributed by atoms with Crippen LogP contribution in [0, 0.1) is 11.8 Å². The fourth-order valence-electron chi connectivity index (χ4n) is 6.44. The summed E-state index contributed by atoms with van der Waals surface area (Å²) < 4.78 is 40.9. The average molecular weight is 600 g/mol. The summed E-state index contributed by atoms with van der Waals surface area (Å²) in [7, 11) is -1.18. The quantitative estimate of drug-likeness (QED) is 0.538. The largest absolute Gasteiger partial charge is 0.497 e. The maximum atomic E-state index is 14.3. The van der Waals surface area contributed by atoms with Gasteiger partial charge < -0.3 is 24.6 Å². The van der Waals surface area contributed by atoms with E-state index in [1.807, 2.05) is 23.1 Å². The van der Waals surface area contributed by atoms with Crippen LogP contribution in [0.2, 0.25) is 0 Å². The molecular weight excluding hydrogens is 558 g/mol. The Morgan fingerprint density at radius 2 is 1.74 bits per heavy atom. The molecule has 2 saturated heterocycles. The van der Waals surface area contributed by atoms with Gasteiger partial charge in [0.1, 0.15) is 22.2 Å². The molecule has 3 heterocycles. The highest BCUT2D eigenvalue weighted by atomic mass is 32.2. The highest BCUT2D eigenvalue weighted by Crippen LogP contribution is 2.41. The van der Waals surface area contributed by atoms with Crippen molar-refractivity contribution >= 4 is 27.7 Å². The van der Waals surface area contributed by atoms with Gasteiger partial charge in [0.15, 0.2) is 0 Å². The van der Waals surface area contributed by atoms with Crippen LogP contribution in [-0.4, -0.2) is 94.0 Å². The average Bonchev–Trinajstić information content (AvgIpc) is 3.45. The molecule has 2 aliphatic heterocycles. The number of rotatable bonds is 6. The normalized spacial score (nSPS) is 24.3. The lowest BCUT2D eigenvalue weighted by Gasteiger charge is -2.36. The van der Waals surface area contributed by atoms with Crippen molar-refractivity contribution in [2.24, 2.45) is 11.8 Å². The van der Waals surface area contributed by atoms with Gasteiger partial charge in [-0.05, 0) is 49.9 Å². The summed E-state index contributed by atoms with van der Waals surface area (Å²) in [4.78, 5) is 35.7. The van der Waals surface area contributed by atoms with Gasteiger partial charge in [-0.3, -0.25) is 9.59 Å². The van der Waals surface area contributed by atoms with Crippen LogP contribution < -0.4 is 19.7 Å². The molecule has 1 aliphatic carbocycles. The number of carbonyl (C=O) groups is 2. The zero-order valence-corrected chi connectivity index (χ0v) is 25.2. The number of nitrogens with one attached hydrogen (secondary N) is 1. The van der Waals surface area contributed by atoms with E-state index in [1.54, 1.807) is 18.3 Å². The van der Waals surface area contributed by atoms with Crippen LogP contribution in [0.4, 0.5) is 5.82 Å². The molecule has 2 aromatic rings. The van der Waals surface area contributed by atoms with Gasteiger partial charge in [-0.1, -0.05) is 18.9 Å². The summed E-state index contributed by atoms with van der Waals surface area (Å²) in [5.74, 6) is 0.221. The second-order valence-electron chi connectivity index (χ2n) is 11.2. The van der Waals surface area contributed by atoms with Crippen LogP contribution in [-0.2, 0) is 19.6 Å². The number of anilines is 1. The zero-order chi connectivity index (χ0) is 29.7. The minimum Gasteiger partial charge on any atom is -0.497 e. The standard InChI is InChI=1S/C30H41N5O6S/c1-40-23-10-11-26(41-2)27(21-23)42(38,39)35-14-8-4-3-6-13-32-29(36)24-19-22(20-25(24)35)30(37)34-17-15-33(16-18-34)28-9-5-7-12-31-28/h5,7,9-12,21-22,24-25H,3-4,6,8,13-20H2,1-2H3,(H,32,36)/t22-,24-,25+/m1/s1. The van der Waals surface area contributed by atoms with E-state index in [9.17, 15) is 18.0 Å². The predicted octanol–water partition coefficient (Wildman–Crippen LogP) is 2.52. The molecule has 11 nitrogen and oxygen atoms in total. The SMILES string of the molecule is COc1ccc(OC)c(S(=O)(=O)N2CCCCCCNC(=O)[C@@H]3C[C@@H](C(=O)N4CCN(c5ccccn5)CC4)C[C@@H]32)c1. The minimum absolute atomic E-state index is 0.00111. The Morgan fingerprint density at radius 1 is 0.952 bits per heavy atom. The Hall–Kier alpha value is -3.38. The number of benzene rings is 1. The van der Waals surface area contributed by atoms with E-state index in [4.69, 9.17) is 9.47 Å². The lowest BCUT2D eigenvalue weighted by molar-refractivity contribution is -0.135. The maximum Gasteiger partial charge on any atom is 0.247 e. The summed E-state index contributed by atoms with van der Waals surface area (Å²) in [6.07, 6.45) is 5.62. The Bertz CT molecular complexity index is 1350. The first-order valence-electron chi connectivity index (χ1n) is 14.8. The van der Waals surface area contributed by atoms with Gasteiger partial charge in [0.2, 0.25) is 21.8 Å². The number of amides is 2. The second-order valence-corrected chi connectivity index (χ2v) is 13.0. The molecule has 3 atom stereocenters. The summed E-state index contributed by atoms with van der Waals surface area (Å²) in [5, 5.41) is 3.02. The topological polar surface area (TPSA) is 121 Å². The summed E-state index contributed by atoms with van der Waals surface area (Å²) >= 11 is 0. The number of ether oxygens (including phenoxy) is 2. The summed E-state index contributed by atoms with van der Waals surface area (Å²) in [5.41, 5.74) is 0. The number of piperazine rings is 1. The molecule has 1 N–H and O–H groups in total. The molecular formula is C30H41N5O6S. The van der Waals surface area contributed by atoms with Crippen molar-refractivity contribution in [2.75, 3.05) is 58.4 Å². The highest BCUT2D eigenvalue weighted by Gasteiger charge is 2.49. The Balaban J connectivity index is 1.40. The molecule has 228 valence electrons. The van der Waals surface area contributed by atoms with Gasteiger partial charge in [0.05, 0.1) is 20.1 Å². The van der Waals surface area contributed by atoms with E-state index in [1.165, 1.54) is 24.6 Å². The molecule has 5 rings (SSSR count). The van der Waals surface area contributed by atoms with Crippen LogP contribution in [0.15, 0.2) is 47.5 Å². The molecule has 42 heavy (non-hydrogen) atoms. The van der Waals surface area contributed by atoms with Crippen molar-refractivity contribution in [3.05, 3.63) is 42.6 Å². The van der Waals surface area contributed by atoms with Crippen LogP contribution in [0.5, 0.6) is 11.5 Å². The number of hydrogen-bond donors (Lipinski definition) is 1. The third kappa shape index (κ3) is 6.34. The fraction of sp³-hybridized carbons (Fsp3) is 0.567. The van der Waals surface area contributed by atoms with Crippen molar-refractivity contribution in [3.8, 4) is 11.5 Å². The Labute approximate surface area is 248 Å². The fourth-order valence-corrected chi connectivity index (χ4v) is 8.32. The van der Waals surface area contributed by atoms with Crippen LogP contribution in [0.3, 0.4) is 0 Å². The van der Waals surface area contributed by atoms with E-state index in [-0.39, 0.29) is 29.0 Å². The van der Waals surface area contributed by atoms with E-state index in [0.717, 1.165) is 25.1 Å². The highest BCUT2D eigenvalue weighted by molar-refractivity contribution is 7.89. The summed E-state index contributed by atoms with van der Waals surface area (Å²) in [6, 6.07) is 9.84. The lowest BCUT2D eigenvalue weighted by Crippen LogP contribution is -2.50. The molecule has 3 aliphatic rings. The number of aromatic nitrogens is 1. The number of carbonyl (C=O) groups excluding carboxylic acids is 2. The van der Waals surface area contributed by atoms with Crippen molar-refractivity contribution in [1.29, 1.82) is 0 Å². The number of nitrogens with zero attached hydrogens (tertiary/aromatic N) is 4. The van der Waals surface area contributed by atoms with E-state index < -0.39 is 27.9 Å². The third-order valence-corrected chi connectivity index (χ3v) is 10.7. The number of fused-ring (bicyclic) bond motifs is 1. The van der Waals surface area contributed by atoms with Crippen molar-refractivity contribution < 1.29 is 27.5 Å². The number of pyridine rings is 1. The molecule has 0 bridgehead atoms. The first kappa shape index (κ1) is 30.1. The number of sulfonamides is 1. The van der Waals surface area contributed by atoms with Crippen LogP contribution in [0.25, 0.3) is 0 Å². The molecule has 1 aromatic carbocycles. The number of methoxy groups -OCH3 is 2. The molecule has 3 fully saturated rings. The van der Waals surface area contributed by atoms with E-state index in [0.29, 0.717) is 57.7 Å². The predicted molar refractivity (Wildman–Crippen MR) is 158 cm³/mol. The van der Waals surface area contributed by atoms with Gasteiger partial charge >= 0.3 is 0 Å². The van der Waals surface area contributed by atoms with Crippen molar-refractivity contribution in [3.63, 3.8) is 0 Å². The minimum atomic E-state index is -4.10. The maximum absolute atomic E-state index is 14.3. The zero-order valence-electron chi connectivity index (χ0n) is 24.4. The van der Waals surface area contributed by atoms with Crippen molar-refractivity contribution in [1.82, 2.24) is 19.5 Å². The monoisotopic (exact) mass is 599 g/mol. The van der Waals surface area contributed by atoms with E-state index in [2.05, 4.69) is 15.2 Å². The molecule has 1 aromatic heterocycles. The second kappa shape index (κ2) is 13.3. The van der Waals surface area contributed by atoms with E-state index >= 15 is 0 Å². The van der Waals surface area contributed by atoms with Crippen LogP contribution in [0.1, 0.15) is 38.5 Å². The molecule has 0 radical (unpaired) electrons. The molecule has 1 saturated carbocycles.